The molecule has 1 aromatic heterocycles. The third-order valence-electron chi connectivity index (χ3n) is 4.65. The molecule has 0 saturated carbocycles. The van der Waals surface area contributed by atoms with E-state index in [2.05, 4.69) is 5.32 Å². The fraction of sp³-hybridized carbons (Fsp3) is 0.364. The maximum Gasteiger partial charge on any atom is 0.322 e. The summed E-state index contributed by atoms with van der Waals surface area (Å²) in [5.41, 5.74) is -1.56. The zero-order chi connectivity index (χ0) is 24.2. The number of carboxylic acid groups (broad SMARTS) is 1. The first-order valence-electron chi connectivity index (χ1n) is 10.0. The van der Waals surface area contributed by atoms with Gasteiger partial charge in [0.05, 0.1) is 5.69 Å². The molecule has 2 amide bonds. The van der Waals surface area contributed by atoms with E-state index in [0.29, 0.717) is 0 Å². The molecule has 0 fully saturated rings. The maximum absolute atomic E-state index is 13.2. The summed E-state index contributed by atoms with van der Waals surface area (Å²) in [6.07, 6.45) is 0. The minimum atomic E-state index is -1.36. The third kappa shape index (κ3) is 5.26. The number of hydrogen-bond acceptors (Lipinski definition) is 6. The molecule has 32 heavy (non-hydrogen) atoms. The second-order valence-corrected chi connectivity index (χ2v) is 7.99. The minimum absolute atomic E-state index is 0.0430. The summed E-state index contributed by atoms with van der Waals surface area (Å²) >= 11 is 0. The van der Waals surface area contributed by atoms with Crippen molar-refractivity contribution < 1.29 is 29.7 Å². The Bertz CT molecular complexity index is 1100. The summed E-state index contributed by atoms with van der Waals surface area (Å²) in [6, 6.07) is 6.57. The third-order valence-corrected chi connectivity index (χ3v) is 4.65. The van der Waals surface area contributed by atoms with Crippen molar-refractivity contribution in [2.75, 3.05) is 13.1 Å². The lowest BCUT2D eigenvalue weighted by molar-refractivity contribution is -0.135. The Morgan fingerprint density at radius 3 is 2.19 bits per heavy atom. The molecule has 0 aliphatic rings. The Morgan fingerprint density at radius 2 is 1.62 bits per heavy atom. The predicted molar refractivity (Wildman–Crippen MR) is 117 cm³/mol. The van der Waals surface area contributed by atoms with Gasteiger partial charge in [0, 0.05) is 6.54 Å². The lowest BCUT2D eigenvalue weighted by Crippen LogP contribution is -2.37. The Morgan fingerprint density at radius 1 is 1.00 bits per heavy atom. The normalized spacial score (nSPS) is 10.9. The van der Waals surface area contributed by atoms with Gasteiger partial charge in [-0.3, -0.25) is 19.2 Å². The maximum atomic E-state index is 13.2. The van der Waals surface area contributed by atoms with Crippen molar-refractivity contribution in [1.29, 1.82) is 0 Å². The van der Waals surface area contributed by atoms with Crippen molar-refractivity contribution >= 4 is 17.8 Å². The molecule has 1 heterocycles. The number of carbonyl (C=O) groups is 3. The zero-order valence-corrected chi connectivity index (χ0v) is 18.3. The number of benzene rings is 1. The van der Waals surface area contributed by atoms with Crippen LogP contribution in [0.15, 0.2) is 29.1 Å². The number of aliphatic carboxylic acids is 1. The molecule has 10 heteroatoms. The highest BCUT2D eigenvalue weighted by Gasteiger charge is 2.30. The van der Waals surface area contributed by atoms with Crippen molar-refractivity contribution in [3.8, 4) is 17.3 Å². The Kier molecular flexibility index (Phi) is 7.63. The second-order valence-electron chi connectivity index (χ2n) is 7.99. The van der Waals surface area contributed by atoms with E-state index in [9.17, 15) is 29.4 Å². The molecule has 0 spiro atoms. The summed E-state index contributed by atoms with van der Waals surface area (Å²) in [5.74, 6) is -5.27. The van der Waals surface area contributed by atoms with Gasteiger partial charge in [-0.25, -0.2) is 4.57 Å². The van der Waals surface area contributed by atoms with Crippen LogP contribution in [0.4, 0.5) is 0 Å². The van der Waals surface area contributed by atoms with Gasteiger partial charge in [-0.15, -0.1) is 0 Å². The van der Waals surface area contributed by atoms with Gasteiger partial charge in [0.2, 0.25) is 5.88 Å². The lowest BCUT2D eigenvalue weighted by atomic mass is 10.0. The molecule has 0 aliphatic heterocycles. The van der Waals surface area contributed by atoms with E-state index >= 15 is 0 Å². The number of rotatable bonds is 8. The number of nitrogens with one attached hydrogen (secondary N) is 2. The highest BCUT2D eigenvalue weighted by molar-refractivity contribution is 6.05. The van der Waals surface area contributed by atoms with Crippen LogP contribution in [-0.2, 0) is 4.79 Å². The van der Waals surface area contributed by atoms with E-state index in [1.807, 2.05) is 39.1 Å². The van der Waals surface area contributed by atoms with E-state index in [0.717, 1.165) is 10.1 Å². The van der Waals surface area contributed by atoms with Crippen molar-refractivity contribution in [3.63, 3.8) is 0 Å². The minimum Gasteiger partial charge on any atom is -0.506 e. The SMILES string of the molecule is CC(C)CNC(=O)c1c(O)c(C(=O)NCC(=O)O)c(O)n(-c2cccc(C(C)C)c2)c1=O. The molecular weight excluding hydrogens is 418 g/mol. The quantitative estimate of drug-likeness (QED) is 0.412. The van der Waals surface area contributed by atoms with Crippen molar-refractivity contribution in [2.24, 2.45) is 5.92 Å². The first kappa shape index (κ1) is 24.4. The summed E-state index contributed by atoms with van der Waals surface area (Å²) in [6.45, 7) is 6.91. The summed E-state index contributed by atoms with van der Waals surface area (Å²) in [7, 11) is 0. The van der Waals surface area contributed by atoms with Crippen molar-refractivity contribution in [3.05, 3.63) is 51.3 Å². The molecule has 0 aliphatic carbocycles. The van der Waals surface area contributed by atoms with Crippen LogP contribution in [0, 0.1) is 5.92 Å². The summed E-state index contributed by atoms with van der Waals surface area (Å²) < 4.78 is 0.742. The van der Waals surface area contributed by atoms with Gasteiger partial charge in [-0.1, -0.05) is 39.8 Å². The van der Waals surface area contributed by atoms with Gasteiger partial charge >= 0.3 is 5.97 Å². The molecule has 0 atom stereocenters. The molecular formula is C22H27N3O7. The number of amides is 2. The van der Waals surface area contributed by atoms with Crippen LogP contribution >= 0.6 is 0 Å². The molecule has 0 unspecified atom stereocenters. The van der Waals surface area contributed by atoms with E-state index in [1.54, 1.807) is 12.1 Å². The number of carbonyl (C=O) groups excluding carboxylic acids is 2. The van der Waals surface area contributed by atoms with Crippen LogP contribution in [0.5, 0.6) is 11.6 Å². The molecule has 172 valence electrons. The second kappa shape index (κ2) is 9.99. The molecule has 5 N–H and O–H groups in total. The van der Waals surface area contributed by atoms with Crippen molar-refractivity contribution in [1.82, 2.24) is 15.2 Å². The van der Waals surface area contributed by atoms with E-state index in [1.165, 1.54) is 6.07 Å². The molecule has 1 aromatic carbocycles. The predicted octanol–water partition coefficient (Wildman–Crippen LogP) is 1.57. The number of carboxylic acids is 1. The Balaban J connectivity index is 2.78. The molecule has 2 rings (SSSR count). The van der Waals surface area contributed by atoms with Gasteiger partial charge in [-0.05, 0) is 29.5 Å². The van der Waals surface area contributed by atoms with Gasteiger partial charge in [0.15, 0.2) is 5.75 Å². The molecule has 0 saturated heterocycles. The number of pyridine rings is 1. The standard InChI is InChI=1S/C22H27N3O7/c1-11(2)9-23-19(29)16-18(28)17(20(30)24-10-15(26)27)22(32)25(21(16)31)14-7-5-6-13(8-14)12(3)4/h5-8,11-12,28,32H,9-10H2,1-4H3,(H,23,29)(H,24,30)(H,26,27). The number of aromatic nitrogens is 1. The Hall–Kier alpha value is -3.82. The summed E-state index contributed by atoms with van der Waals surface area (Å²) in [5, 5.41) is 34.7. The van der Waals surface area contributed by atoms with Gasteiger partial charge in [-0.2, -0.15) is 0 Å². The Labute approximate surface area is 184 Å². The lowest BCUT2D eigenvalue weighted by Gasteiger charge is -2.18. The smallest absolute Gasteiger partial charge is 0.322 e. The fourth-order valence-corrected chi connectivity index (χ4v) is 2.96. The highest BCUT2D eigenvalue weighted by atomic mass is 16.4. The average molecular weight is 445 g/mol. The monoisotopic (exact) mass is 445 g/mol. The first-order chi connectivity index (χ1) is 15.0. The zero-order valence-electron chi connectivity index (χ0n) is 18.3. The van der Waals surface area contributed by atoms with Crippen molar-refractivity contribution in [2.45, 2.75) is 33.6 Å². The van der Waals surface area contributed by atoms with Crippen LogP contribution in [0.2, 0.25) is 0 Å². The van der Waals surface area contributed by atoms with Gasteiger partial charge < -0.3 is 26.0 Å². The molecule has 0 bridgehead atoms. The molecule has 10 nitrogen and oxygen atoms in total. The van der Waals surface area contributed by atoms with Crippen LogP contribution < -0.4 is 16.2 Å². The number of nitrogens with zero attached hydrogens (tertiary/aromatic N) is 1. The van der Waals surface area contributed by atoms with Crippen LogP contribution in [0.3, 0.4) is 0 Å². The fourth-order valence-electron chi connectivity index (χ4n) is 2.96. The first-order valence-corrected chi connectivity index (χ1v) is 10.0. The van der Waals surface area contributed by atoms with Gasteiger partial charge in [0.1, 0.15) is 17.7 Å². The van der Waals surface area contributed by atoms with E-state index < -0.39 is 52.6 Å². The topological polar surface area (TPSA) is 158 Å². The number of aromatic hydroxyl groups is 2. The van der Waals surface area contributed by atoms with Crippen LogP contribution in [0.1, 0.15) is 59.9 Å². The highest BCUT2D eigenvalue weighted by Crippen LogP contribution is 2.31. The molecule has 0 radical (unpaired) electrons. The van der Waals surface area contributed by atoms with E-state index in [4.69, 9.17) is 5.11 Å². The summed E-state index contributed by atoms with van der Waals surface area (Å²) in [4.78, 5) is 49.3. The van der Waals surface area contributed by atoms with E-state index in [-0.39, 0.29) is 24.1 Å². The molecule has 2 aromatic rings. The average Bonchev–Trinajstić information content (AvgIpc) is 2.70. The largest absolute Gasteiger partial charge is 0.506 e. The number of hydrogen-bond donors (Lipinski definition) is 5. The van der Waals surface area contributed by atoms with Crippen LogP contribution in [-0.4, -0.2) is 50.8 Å². The van der Waals surface area contributed by atoms with Crippen LogP contribution in [0.25, 0.3) is 5.69 Å². The van der Waals surface area contributed by atoms with Gasteiger partial charge in [0.25, 0.3) is 17.4 Å².